The summed E-state index contributed by atoms with van der Waals surface area (Å²) in [4.78, 5) is 17.6. The van der Waals surface area contributed by atoms with Crippen LogP contribution in [-0.2, 0) is 14.8 Å². The van der Waals surface area contributed by atoms with Crippen molar-refractivity contribution >= 4 is 32.7 Å². The molecule has 1 aromatic heterocycles. The summed E-state index contributed by atoms with van der Waals surface area (Å²) < 4.78 is 38.6. The molecule has 2 aliphatic rings. The molecule has 1 saturated carbocycles. The highest BCUT2D eigenvalue weighted by Crippen LogP contribution is 2.40. The Balaban J connectivity index is 1.19. The molecule has 1 aliphatic carbocycles. The van der Waals surface area contributed by atoms with Crippen LogP contribution in [-0.4, -0.2) is 43.3 Å². The minimum absolute atomic E-state index is 0.0987. The number of nitrogens with zero attached hydrogens (tertiary/aromatic N) is 2. The predicted octanol–water partition coefficient (Wildman–Crippen LogP) is 4.14. The second-order valence-corrected chi connectivity index (χ2v) is 10.5. The molecular formula is C24H27N3O5S. The van der Waals surface area contributed by atoms with Gasteiger partial charge in [0, 0.05) is 30.6 Å². The molecule has 0 radical (unpaired) electrons. The van der Waals surface area contributed by atoms with E-state index in [1.165, 1.54) is 4.31 Å². The van der Waals surface area contributed by atoms with Crippen molar-refractivity contribution in [2.75, 3.05) is 25.0 Å². The van der Waals surface area contributed by atoms with Gasteiger partial charge in [-0.2, -0.15) is 4.31 Å². The molecule has 3 aromatic rings. The Hall–Kier alpha value is -2.91. The summed E-state index contributed by atoms with van der Waals surface area (Å²) in [5, 5.41) is 2.96. The summed E-state index contributed by atoms with van der Waals surface area (Å²) >= 11 is 0. The molecule has 0 unspecified atom stereocenters. The van der Waals surface area contributed by atoms with Crippen LogP contribution in [0.25, 0.3) is 11.1 Å². The molecule has 33 heavy (non-hydrogen) atoms. The number of oxazole rings is 1. The standard InChI is InChI=1S/C24H27N3O5S/c1-2-31-19-6-8-20(9-7-19)33(29,30)27-13-11-16(12-14-27)23(28)25-18-5-10-22-21(15-18)26-24(32-22)17-3-4-17/h5-10,15-17H,2-4,11-14H2,1H3,(H,25,28). The van der Waals surface area contributed by atoms with Crippen LogP contribution >= 0.6 is 0 Å². The van der Waals surface area contributed by atoms with Crippen molar-refractivity contribution in [3.8, 4) is 5.75 Å². The number of carbonyl (C=O) groups is 1. The second-order valence-electron chi connectivity index (χ2n) is 8.58. The Morgan fingerprint density at radius 1 is 1.12 bits per heavy atom. The van der Waals surface area contributed by atoms with Crippen molar-refractivity contribution in [3.63, 3.8) is 0 Å². The maximum Gasteiger partial charge on any atom is 0.243 e. The van der Waals surface area contributed by atoms with Crippen molar-refractivity contribution in [2.24, 2.45) is 5.92 Å². The van der Waals surface area contributed by atoms with Crippen LogP contribution in [0.3, 0.4) is 0 Å². The molecule has 2 heterocycles. The number of sulfonamides is 1. The average Bonchev–Trinajstić information content (AvgIpc) is 3.59. The molecule has 1 amide bonds. The van der Waals surface area contributed by atoms with Crippen LogP contribution in [0, 0.1) is 5.92 Å². The van der Waals surface area contributed by atoms with E-state index in [4.69, 9.17) is 9.15 Å². The SMILES string of the molecule is CCOc1ccc(S(=O)(=O)N2CCC(C(=O)Nc3ccc4oc(C5CC5)nc4c3)CC2)cc1. The molecule has 1 N–H and O–H groups in total. The van der Waals surface area contributed by atoms with Crippen LogP contribution in [0.15, 0.2) is 51.8 Å². The van der Waals surface area contributed by atoms with Crippen LogP contribution in [0.2, 0.25) is 0 Å². The van der Waals surface area contributed by atoms with Gasteiger partial charge in [-0.1, -0.05) is 0 Å². The summed E-state index contributed by atoms with van der Waals surface area (Å²) in [6.07, 6.45) is 3.17. The van der Waals surface area contributed by atoms with Crippen molar-refractivity contribution in [3.05, 3.63) is 48.4 Å². The summed E-state index contributed by atoms with van der Waals surface area (Å²) in [5.41, 5.74) is 2.14. The number of carbonyl (C=O) groups excluding carboxylic acids is 1. The number of piperidine rings is 1. The molecule has 0 atom stereocenters. The Morgan fingerprint density at radius 3 is 2.52 bits per heavy atom. The molecule has 9 heteroatoms. The molecule has 0 bridgehead atoms. The van der Waals surface area contributed by atoms with Crippen molar-refractivity contribution in [2.45, 2.75) is 43.4 Å². The zero-order valence-electron chi connectivity index (χ0n) is 18.5. The minimum atomic E-state index is -3.60. The number of benzene rings is 2. The van der Waals surface area contributed by atoms with E-state index < -0.39 is 10.0 Å². The molecule has 0 spiro atoms. The number of nitrogens with one attached hydrogen (secondary N) is 1. The maximum atomic E-state index is 13.0. The van der Waals surface area contributed by atoms with Gasteiger partial charge in [-0.05, 0) is 75.1 Å². The third kappa shape index (κ3) is 4.60. The van der Waals surface area contributed by atoms with Gasteiger partial charge in [0.15, 0.2) is 11.5 Å². The third-order valence-electron chi connectivity index (χ3n) is 6.20. The smallest absolute Gasteiger partial charge is 0.243 e. The van der Waals surface area contributed by atoms with Crippen LogP contribution in [0.4, 0.5) is 5.69 Å². The lowest BCUT2D eigenvalue weighted by atomic mass is 9.97. The molecule has 1 aliphatic heterocycles. The highest BCUT2D eigenvalue weighted by atomic mass is 32.2. The lowest BCUT2D eigenvalue weighted by molar-refractivity contribution is -0.120. The van der Waals surface area contributed by atoms with Gasteiger partial charge in [-0.3, -0.25) is 4.79 Å². The van der Waals surface area contributed by atoms with Gasteiger partial charge in [0.25, 0.3) is 0 Å². The first-order chi connectivity index (χ1) is 15.9. The summed E-state index contributed by atoms with van der Waals surface area (Å²) in [6, 6.07) is 11.9. The average molecular weight is 470 g/mol. The van der Waals surface area contributed by atoms with E-state index in [1.807, 2.05) is 25.1 Å². The Morgan fingerprint density at radius 2 is 1.85 bits per heavy atom. The Bertz CT molecular complexity index is 1260. The topological polar surface area (TPSA) is 102 Å². The lowest BCUT2D eigenvalue weighted by Gasteiger charge is -2.30. The molecular weight excluding hydrogens is 442 g/mol. The molecule has 5 rings (SSSR count). The summed E-state index contributed by atoms with van der Waals surface area (Å²) in [5.74, 6) is 1.50. The number of aromatic nitrogens is 1. The van der Waals surface area contributed by atoms with Gasteiger partial charge in [-0.25, -0.2) is 13.4 Å². The van der Waals surface area contributed by atoms with E-state index in [9.17, 15) is 13.2 Å². The van der Waals surface area contributed by atoms with Gasteiger partial charge >= 0.3 is 0 Å². The van der Waals surface area contributed by atoms with Gasteiger partial charge in [-0.15, -0.1) is 0 Å². The zero-order chi connectivity index (χ0) is 23.0. The molecule has 2 fully saturated rings. The molecule has 1 saturated heterocycles. The first-order valence-electron chi connectivity index (χ1n) is 11.4. The van der Waals surface area contributed by atoms with Crippen molar-refractivity contribution in [1.82, 2.24) is 9.29 Å². The summed E-state index contributed by atoms with van der Waals surface area (Å²) in [7, 11) is -3.60. The number of rotatable bonds is 7. The fourth-order valence-electron chi connectivity index (χ4n) is 4.15. The largest absolute Gasteiger partial charge is 0.494 e. The number of ether oxygens (including phenoxy) is 1. The number of anilines is 1. The van der Waals surface area contributed by atoms with Gasteiger partial charge in [0.2, 0.25) is 15.9 Å². The van der Waals surface area contributed by atoms with Gasteiger partial charge in [0.05, 0.1) is 11.5 Å². The van der Waals surface area contributed by atoms with E-state index in [-0.39, 0.29) is 16.7 Å². The van der Waals surface area contributed by atoms with Crippen LogP contribution in [0.1, 0.15) is 44.4 Å². The van der Waals surface area contributed by atoms with Gasteiger partial charge in [0.1, 0.15) is 11.3 Å². The monoisotopic (exact) mass is 469 g/mol. The van der Waals surface area contributed by atoms with Crippen LogP contribution < -0.4 is 10.1 Å². The predicted molar refractivity (Wildman–Crippen MR) is 124 cm³/mol. The van der Waals surface area contributed by atoms with E-state index in [2.05, 4.69) is 10.3 Å². The normalized spacial score (nSPS) is 17.8. The van der Waals surface area contributed by atoms with E-state index in [0.717, 1.165) is 29.8 Å². The van der Waals surface area contributed by atoms with Gasteiger partial charge < -0.3 is 14.5 Å². The maximum absolute atomic E-state index is 13.0. The fourth-order valence-corrected chi connectivity index (χ4v) is 5.62. The number of hydrogen-bond acceptors (Lipinski definition) is 6. The minimum Gasteiger partial charge on any atom is -0.494 e. The lowest BCUT2D eigenvalue weighted by Crippen LogP contribution is -2.41. The first kappa shape index (κ1) is 21.9. The van der Waals surface area contributed by atoms with E-state index in [0.29, 0.717) is 49.9 Å². The fraction of sp³-hybridized carbons (Fsp3) is 0.417. The van der Waals surface area contributed by atoms with Crippen molar-refractivity contribution < 1.29 is 22.4 Å². The molecule has 2 aromatic carbocycles. The number of hydrogen-bond donors (Lipinski definition) is 1. The van der Waals surface area contributed by atoms with Crippen LogP contribution in [0.5, 0.6) is 5.75 Å². The Labute approximate surface area is 193 Å². The highest BCUT2D eigenvalue weighted by Gasteiger charge is 2.32. The number of fused-ring (bicyclic) bond motifs is 1. The highest BCUT2D eigenvalue weighted by molar-refractivity contribution is 7.89. The van der Waals surface area contributed by atoms with E-state index in [1.54, 1.807) is 24.3 Å². The second kappa shape index (κ2) is 8.79. The Kier molecular flexibility index (Phi) is 5.84. The number of amides is 1. The first-order valence-corrected chi connectivity index (χ1v) is 12.8. The quantitative estimate of drug-likeness (QED) is 0.558. The zero-order valence-corrected chi connectivity index (χ0v) is 19.3. The molecule has 174 valence electrons. The summed E-state index contributed by atoms with van der Waals surface area (Å²) in [6.45, 7) is 3.01. The van der Waals surface area contributed by atoms with Crippen molar-refractivity contribution in [1.29, 1.82) is 0 Å². The third-order valence-corrected chi connectivity index (χ3v) is 8.11. The van der Waals surface area contributed by atoms with E-state index >= 15 is 0 Å². The molecule has 8 nitrogen and oxygen atoms in total.